The zero-order valence-electron chi connectivity index (χ0n) is 21.1. The molecule has 0 radical (unpaired) electrons. The number of imidazole rings is 1. The molecule has 2 aromatic heterocycles. The second kappa shape index (κ2) is 11.6. The summed E-state index contributed by atoms with van der Waals surface area (Å²) < 4.78 is 26.9. The summed E-state index contributed by atoms with van der Waals surface area (Å²) in [5.74, 6) is 1.39. The molecule has 0 bridgehead atoms. The molecule has 5 nitrogen and oxygen atoms in total. The van der Waals surface area contributed by atoms with Crippen LogP contribution in [-0.2, 0) is 16.3 Å². The van der Waals surface area contributed by atoms with E-state index in [9.17, 15) is 13.2 Å². The number of carbonyl (C=O) groups excluding carboxylic acids is 1. The lowest BCUT2D eigenvalue weighted by Crippen LogP contribution is -2.22. The minimum atomic E-state index is -3.14. The van der Waals surface area contributed by atoms with Crippen LogP contribution in [0.4, 0.5) is 0 Å². The van der Waals surface area contributed by atoms with E-state index < -0.39 is 9.84 Å². The zero-order chi connectivity index (χ0) is 24.9. The van der Waals surface area contributed by atoms with E-state index in [-0.39, 0.29) is 29.6 Å². The van der Waals surface area contributed by atoms with Gasteiger partial charge in [0.25, 0.3) is 0 Å². The first kappa shape index (κ1) is 26.6. The summed E-state index contributed by atoms with van der Waals surface area (Å²) in [5.41, 5.74) is 2.52. The van der Waals surface area contributed by atoms with E-state index in [1.54, 1.807) is 18.3 Å². The molecular formula is C27H38N2O3S2. The van der Waals surface area contributed by atoms with E-state index >= 15 is 0 Å². The Labute approximate surface area is 208 Å². The maximum Gasteiger partial charge on any atom is 0.163 e. The number of fused-ring (bicyclic) bond motifs is 1. The predicted octanol–water partition coefficient (Wildman–Crippen LogP) is 6.72. The molecule has 3 aromatic rings. The van der Waals surface area contributed by atoms with Crippen molar-refractivity contribution in [1.82, 2.24) is 9.55 Å². The fraction of sp³-hybridized carbons (Fsp3) is 0.556. The van der Waals surface area contributed by atoms with Crippen LogP contribution >= 0.6 is 11.3 Å². The van der Waals surface area contributed by atoms with Crippen LogP contribution in [0, 0.1) is 11.8 Å². The standard InChI is InChI=1S/C27H38N2O3S2/c1-6-22(7-2)29-25-12-11-21(16-24(25)28-27(29)17-23-10-9-13-33-23)26(30)15-20(14-19(4)5)18-34(31,32)8-3/h9-13,16,19-20,22H,6-8,14-15,17-18H2,1-5H3/t20-/m1/s1. The fourth-order valence-electron chi connectivity index (χ4n) is 4.81. The van der Waals surface area contributed by atoms with Crippen molar-refractivity contribution in [3.63, 3.8) is 0 Å². The van der Waals surface area contributed by atoms with Gasteiger partial charge in [-0.2, -0.15) is 0 Å². The Morgan fingerprint density at radius 2 is 1.85 bits per heavy atom. The smallest absolute Gasteiger partial charge is 0.163 e. The van der Waals surface area contributed by atoms with Crippen LogP contribution < -0.4 is 0 Å². The van der Waals surface area contributed by atoms with E-state index in [0.717, 1.165) is 42.5 Å². The minimum Gasteiger partial charge on any atom is -0.325 e. The van der Waals surface area contributed by atoms with Crippen LogP contribution in [0.2, 0.25) is 0 Å². The molecule has 2 heterocycles. The number of hydrogen-bond donors (Lipinski definition) is 0. The first-order valence-electron chi connectivity index (χ1n) is 12.4. The third kappa shape index (κ3) is 6.57. The van der Waals surface area contributed by atoms with Crippen LogP contribution in [0.25, 0.3) is 11.0 Å². The van der Waals surface area contributed by atoms with Gasteiger partial charge >= 0.3 is 0 Å². The molecule has 34 heavy (non-hydrogen) atoms. The monoisotopic (exact) mass is 502 g/mol. The van der Waals surface area contributed by atoms with E-state index in [4.69, 9.17) is 4.98 Å². The van der Waals surface area contributed by atoms with Crippen LogP contribution in [0.1, 0.15) is 87.4 Å². The summed E-state index contributed by atoms with van der Waals surface area (Å²) in [5, 5.41) is 2.09. The average Bonchev–Trinajstić information content (AvgIpc) is 3.41. The number of carbonyl (C=O) groups is 1. The van der Waals surface area contributed by atoms with Crippen molar-refractivity contribution < 1.29 is 13.2 Å². The van der Waals surface area contributed by atoms with Gasteiger partial charge in [0.1, 0.15) is 15.7 Å². The highest BCUT2D eigenvalue weighted by Crippen LogP contribution is 2.29. The number of Topliss-reactive ketones (excluding diaryl/α,β-unsaturated/α-hetero) is 1. The van der Waals surface area contributed by atoms with Crippen LogP contribution in [-0.4, -0.2) is 35.3 Å². The molecule has 0 aliphatic heterocycles. The molecule has 1 atom stereocenters. The van der Waals surface area contributed by atoms with E-state index in [1.807, 2.05) is 18.2 Å². The predicted molar refractivity (Wildman–Crippen MR) is 143 cm³/mol. The van der Waals surface area contributed by atoms with Crippen molar-refractivity contribution >= 4 is 38.0 Å². The molecule has 0 spiro atoms. The maximum atomic E-state index is 13.2. The van der Waals surface area contributed by atoms with Crippen molar-refractivity contribution in [2.24, 2.45) is 11.8 Å². The quantitative estimate of drug-likeness (QED) is 0.243. The van der Waals surface area contributed by atoms with Gasteiger partial charge in [0.05, 0.1) is 16.8 Å². The SMILES string of the molecule is CCC(CC)n1c(Cc2cccs2)nc2cc(C(=O)C[C@@H](CC(C)C)CS(=O)(=O)CC)ccc21. The molecule has 0 unspecified atom stereocenters. The van der Waals surface area contributed by atoms with Gasteiger partial charge in [-0.1, -0.05) is 40.7 Å². The van der Waals surface area contributed by atoms with Gasteiger partial charge in [0.2, 0.25) is 0 Å². The number of benzene rings is 1. The topological polar surface area (TPSA) is 69.0 Å². The number of thiophene rings is 1. The molecule has 186 valence electrons. The molecular weight excluding hydrogens is 464 g/mol. The first-order chi connectivity index (χ1) is 16.2. The summed E-state index contributed by atoms with van der Waals surface area (Å²) in [4.78, 5) is 19.5. The normalized spacial score (nSPS) is 13.3. The number of nitrogens with zero attached hydrogens (tertiary/aromatic N) is 2. The molecule has 7 heteroatoms. The summed E-state index contributed by atoms with van der Waals surface area (Å²) in [6.45, 7) is 10.2. The molecule has 0 aliphatic rings. The Bertz CT molecular complexity index is 1190. The van der Waals surface area contributed by atoms with Gasteiger partial charge in [-0.3, -0.25) is 4.79 Å². The maximum absolute atomic E-state index is 13.2. The Balaban J connectivity index is 1.93. The number of ketones is 1. The Hall–Kier alpha value is -1.99. The highest BCUT2D eigenvalue weighted by atomic mass is 32.2. The van der Waals surface area contributed by atoms with Gasteiger partial charge < -0.3 is 4.57 Å². The van der Waals surface area contributed by atoms with Crippen LogP contribution in [0.15, 0.2) is 35.7 Å². The third-order valence-electron chi connectivity index (χ3n) is 6.51. The Morgan fingerprint density at radius 3 is 2.44 bits per heavy atom. The molecule has 0 amide bonds. The van der Waals surface area contributed by atoms with Crippen molar-refractivity contribution in [2.45, 2.75) is 72.8 Å². The summed E-state index contributed by atoms with van der Waals surface area (Å²) in [7, 11) is -3.14. The fourth-order valence-corrected chi connectivity index (χ4v) is 6.72. The molecule has 1 aromatic carbocycles. The van der Waals surface area contributed by atoms with Crippen molar-refractivity contribution in [2.75, 3.05) is 11.5 Å². The van der Waals surface area contributed by atoms with Gasteiger partial charge in [-0.05, 0) is 60.7 Å². The molecule has 0 N–H and O–H groups in total. The van der Waals surface area contributed by atoms with Gasteiger partial charge in [0, 0.05) is 35.1 Å². The highest BCUT2D eigenvalue weighted by Gasteiger charge is 2.24. The second-order valence-electron chi connectivity index (χ2n) is 9.65. The number of sulfone groups is 1. The lowest BCUT2D eigenvalue weighted by atomic mass is 9.92. The summed E-state index contributed by atoms with van der Waals surface area (Å²) >= 11 is 1.73. The second-order valence-corrected chi connectivity index (χ2v) is 13.1. The Kier molecular flexibility index (Phi) is 9.10. The Morgan fingerprint density at radius 1 is 1.12 bits per heavy atom. The number of aromatic nitrogens is 2. The highest BCUT2D eigenvalue weighted by molar-refractivity contribution is 7.91. The zero-order valence-corrected chi connectivity index (χ0v) is 22.7. The van der Waals surface area contributed by atoms with Crippen molar-refractivity contribution in [3.8, 4) is 0 Å². The van der Waals surface area contributed by atoms with Gasteiger partial charge in [-0.15, -0.1) is 11.3 Å². The van der Waals surface area contributed by atoms with Crippen LogP contribution in [0.3, 0.4) is 0 Å². The summed E-state index contributed by atoms with van der Waals surface area (Å²) in [6, 6.07) is 10.4. The molecule has 0 saturated heterocycles. The minimum absolute atomic E-state index is 0.00394. The largest absolute Gasteiger partial charge is 0.325 e. The number of hydrogen-bond acceptors (Lipinski definition) is 5. The molecule has 0 saturated carbocycles. The van der Waals surface area contributed by atoms with Crippen molar-refractivity contribution in [1.29, 1.82) is 0 Å². The molecule has 0 aliphatic carbocycles. The number of rotatable bonds is 13. The van der Waals surface area contributed by atoms with Crippen LogP contribution in [0.5, 0.6) is 0 Å². The first-order valence-corrected chi connectivity index (χ1v) is 15.1. The van der Waals surface area contributed by atoms with E-state index in [2.05, 4.69) is 49.8 Å². The van der Waals surface area contributed by atoms with Gasteiger partial charge in [0.15, 0.2) is 5.78 Å². The molecule has 0 fully saturated rings. The van der Waals surface area contributed by atoms with E-state index in [1.165, 1.54) is 4.88 Å². The lowest BCUT2D eigenvalue weighted by molar-refractivity contribution is 0.0961. The average molecular weight is 503 g/mol. The van der Waals surface area contributed by atoms with Crippen molar-refractivity contribution in [3.05, 3.63) is 52.0 Å². The third-order valence-corrected chi connectivity index (χ3v) is 9.25. The molecule has 3 rings (SSSR count). The van der Waals surface area contributed by atoms with E-state index in [0.29, 0.717) is 17.5 Å². The lowest BCUT2D eigenvalue weighted by Gasteiger charge is -2.19. The summed E-state index contributed by atoms with van der Waals surface area (Å²) in [6.07, 6.45) is 3.78. The van der Waals surface area contributed by atoms with Gasteiger partial charge in [-0.25, -0.2) is 13.4 Å².